The van der Waals surface area contributed by atoms with Gasteiger partial charge in [-0.2, -0.15) is 4.98 Å². The molecule has 2 heterocycles. The Labute approximate surface area is 187 Å². The quantitative estimate of drug-likeness (QED) is 0.536. The van der Waals surface area contributed by atoms with Crippen molar-refractivity contribution in [1.82, 2.24) is 19.9 Å². The van der Waals surface area contributed by atoms with Gasteiger partial charge in [-0.05, 0) is 19.1 Å². The van der Waals surface area contributed by atoms with Gasteiger partial charge in [-0.3, -0.25) is 9.69 Å². The first-order chi connectivity index (χ1) is 15.6. The Hall–Kier alpha value is -3.39. The van der Waals surface area contributed by atoms with Crippen LogP contribution in [0.1, 0.15) is 17.9 Å². The fraction of sp³-hybridized carbons (Fsp3) is 0.375. The molecule has 168 valence electrons. The van der Waals surface area contributed by atoms with Crippen LogP contribution in [0.15, 0.2) is 53.1 Å². The molecule has 0 atom stereocenters. The van der Waals surface area contributed by atoms with Gasteiger partial charge in [-0.1, -0.05) is 47.1 Å². The molecule has 0 aliphatic carbocycles. The third kappa shape index (κ3) is 5.45. The zero-order chi connectivity index (χ0) is 22.3. The number of amides is 1. The number of methoxy groups -OCH3 is 1. The summed E-state index contributed by atoms with van der Waals surface area (Å²) in [7, 11) is 1.60. The maximum Gasteiger partial charge on any atom is 0.241 e. The van der Waals surface area contributed by atoms with Crippen molar-refractivity contribution in [1.29, 1.82) is 0 Å². The predicted octanol–water partition coefficient (Wildman–Crippen LogP) is 3.17. The van der Waals surface area contributed by atoms with E-state index >= 15 is 0 Å². The van der Waals surface area contributed by atoms with Crippen molar-refractivity contribution in [3.05, 3.63) is 60.0 Å². The Kier molecular flexibility index (Phi) is 7.01. The molecule has 8 heteroatoms. The molecule has 3 aromatic rings. The second-order valence-corrected chi connectivity index (χ2v) is 7.78. The summed E-state index contributed by atoms with van der Waals surface area (Å²) in [5.74, 6) is 2.60. The highest BCUT2D eigenvalue weighted by Gasteiger charge is 2.22. The van der Waals surface area contributed by atoms with Gasteiger partial charge in [0.15, 0.2) is 11.5 Å². The lowest BCUT2D eigenvalue weighted by Crippen LogP contribution is -2.48. The summed E-state index contributed by atoms with van der Waals surface area (Å²) in [5.41, 5.74) is 2.13. The van der Waals surface area contributed by atoms with Crippen LogP contribution in [-0.2, 0) is 11.3 Å². The maximum atomic E-state index is 12.5. The second kappa shape index (κ2) is 10.3. The molecule has 1 fully saturated rings. The molecule has 0 saturated carbocycles. The summed E-state index contributed by atoms with van der Waals surface area (Å²) in [4.78, 5) is 21.2. The van der Waals surface area contributed by atoms with Gasteiger partial charge in [0.2, 0.25) is 17.6 Å². The number of carbonyl (C=O) groups is 1. The Balaban J connectivity index is 1.21. The molecule has 32 heavy (non-hydrogen) atoms. The Bertz CT molecular complexity index is 1030. The second-order valence-electron chi connectivity index (χ2n) is 7.78. The first kappa shape index (κ1) is 21.8. The smallest absolute Gasteiger partial charge is 0.241 e. The van der Waals surface area contributed by atoms with Crippen molar-refractivity contribution in [2.75, 3.05) is 39.9 Å². The highest BCUT2D eigenvalue weighted by Crippen LogP contribution is 2.25. The summed E-state index contributed by atoms with van der Waals surface area (Å²) in [6.45, 7) is 5.83. The average molecular weight is 437 g/mol. The minimum Gasteiger partial charge on any atom is -0.493 e. The van der Waals surface area contributed by atoms with E-state index in [0.29, 0.717) is 55.9 Å². The average Bonchev–Trinajstić information content (AvgIpc) is 3.28. The number of nitrogens with zero attached hydrogens (tertiary/aromatic N) is 4. The Morgan fingerprint density at radius 2 is 1.75 bits per heavy atom. The lowest BCUT2D eigenvalue weighted by atomic mass is 10.1. The number of piperazine rings is 1. The lowest BCUT2D eigenvalue weighted by Gasteiger charge is -2.34. The van der Waals surface area contributed by atoms with E-state index in [-0.39, 0.29) is 5.91 Å². The number of carbonyl (C=O) groups excluding carboxylic acids is 1. The van der Waals surface area contributed by atoms with Gasteiger partial charge in [0.25, 0.3) is 0 Å². The molecule has 1 aromatic heterocycles. The lowest BCUT2D eigenvalue weighted by molar-refractivity contribution is -0.133. The monoisotopic (exact) mass is 436 g/mol. The molecule has 0 bridgehead atoms. The zero-order valence-electron chi connectivity index (χ0n) is 18.5. The molecular weight excluding hydrogens is 408 g/mol. The molecule has 0 spiro atoms. The minimum atomic E-state index is 0.0963. The van der Waals surface area contributed by atoms with Crippen LogP contribution >= 0.6 is 0 Å². The number of para-hydroxylation sites is 2. The molecule has 0 unspecified atom stereocenters. The maximum absolute atomic E-state index is 12.5. The van der Waals surface area contributed by atoms with E-state index in [2.05, 4.69) is 15.0 Å². The molecule has 1 aliphatic heterocycles. The van der Waals surface area contributed by atoms with Gasteiger partial charge < -0.3 is 18.9 Å². The van der Waals surface area contributed by atoms with Crippen LogP contribution in [0.5, 0.6) is 11.5 Å². The fourth-order valence-electron chi connectivity index (χ4n) is 3.63. The van der Waals surface area contributed by atoms with E-state index in [1.807, 2.05) is 60.4 Å². The molecule has 1 saturated heterocycles. The summed E-state index contributed by atoms with van der Waals surface area (Å²) in [6, 6.07) is 15.5. The first-order valence-corrected chi connectivity index (χ1v) is 10.8. The van der Waals surface area contributed by atoms with Crippen LogP contribution in [0.4, 0.5) is 0 Å². The van der Waals surface area contributed by atoms with Gasteiger partial charge in [0, 0.05) is 31.7 Å². The SMILES string of the molecule is COc1ccccc1OCCC(=O)N1CCN(Cc2nc(-c3ccc(C)cc3)no2)CC1. The molecule has 0 N–H and O–H groups in total. The molecule has 1 amide bonds. The molecule has 0 radical (unpaired) electrons. The van der Waals surface area contributed by atoms with Crippen molar-refractivity contribution >= 4 is 5.91 Å². The molecule has 2 aromatic carbocycles. The standard InChI is InChI=1S/C24H28N4O4/c1-18-7-9-19(10-8-18)24-25-22(32-26-24)17-27-12-14-28(15-13-27)23(29)11-16-31-21-6-4-3-5-20(21)30-2/h3-10H,11-17H2,1-2H3. The van der Waals surface area contributed by atoms with Crippen LogP contribution < -0.4 is 9.47 Å². The zero-order valence-corrected chi connectivity index (χ0v) is 18.5. The highest BCUT2D eigenvalue weighted by atomic mass is 16.5. The van der Waals surface area contributed by atoms with Crippen molar-refractivity contribution in [2.45, 2.75) is 19.9 Å². The molecule has 4 rings (SSSR count). The highest BCUT2D eigenvalue weighted by molar-refractivity contribution is 5.76. The number of hydrogen-bond donors (Lipinski definition) is 0. The van der Waals surface area contributed by atoms with Crippen LogP contribution in [0.25, 0.3) is 11.4 Å². The van der Waals surface area contributed by atoms with Crippen molar-refractivity contribution < 1.29 is 18.8 Å². The van der Waals surface area contributed by atoms with Gasteiger partial charge >= 0.3 is 0 Å². The number of hydrogen-bond acceptors (Lipinski definition) is 7. The van der Waals surface area contributed by atoms with Gasteiger partial charge in [0.05, 0.1) is 26.7 Å². The number of benzene rings is 2. The normalized spacial score (nSPS) is 14.4. The largest absolute Gasteiger partial charge is 0.493 e. The van der Waals surface area contributed by atoms with E-state index < -0.39 is 0 Å². The molecule has 8 nitrogen and oxygen atoms in total. The minimum absolute atomic E-state index is 0.0963. The summed E-state index contributed by atoms with van der Waals surface area (Å²) in [5, 5.41) is 4.10. The topological polar surface area (TPSA) is 80.9 Å². The van der Waals surface area contributed by atoms with E-state index in [1.165, 1.54) is 5.56 Å². The fourth-order valence-corrected chi connectivity index (χ4v) is 3.63. The third-order valence-electron chi connectivity index (χ3n) is 5.50. The number of aryl methyl sites for hydroxylation is 1. The van der Waals surface area contributed by atoms with Crippen LogP contribution in [0.2, 0.25) is 0 Å². The van der Waals surface area contributed by atoms with E-state index in [1.54, 1.807) is 7.11 Å². The first-order valence-electron chi connectivity index (χ1n) is 10.8. The van der Waals surface area contributed by atoms with E-state index in [0.717, 1.165) is 18.7 Å². The summed E-state index contributed by atoms with van der Waals surface area (Å²) in [6.07, 6.45) is 0.335. The summed E-state index contributed by atoms with van der Waals surface area (Å²) >= 11 is 0. The molecular formula is C24H28N4O4. The Morgan fingerprint density at radius 1 is 1.03 bits per heavy atom. The molecule has 1 aliphatic rings. The number of ether oxygens (including phenoxy) is 2. The van der Waals surface area contributed by atoms with Crippen molar-refractivity contribution in [2.24, 2.45) is 0 Å². The van der Waals surface area contributed by atoms with E-state index in [9.17, 15) is 4.79 Å². The Morgan fingerprint density at radius 3 is 2.47 bits per heavy atom. The van der Waals surface area contributed by atoms with Crippen molar-refractivity contribution in [3.63, 3.8) is 0 Å². The van der Waals surface area contributed by atoms with Gasteiger partial charge in [-0.25, -0.2) is 0 Å². The van der Waals surface area contributed by atoms with Crippen molar-refractivity contribution in [3.8, 4) is 22.9 Å². The number of aromatic nitrogens is 2. The predicted molar refractivity (Wildman–Crippen MR) is 119 cm³/mol. The van der Waals surface area contributed by atoms with Crippen LogP contribution in [-0.4, -0.2) is 65.7 Å². The summed E-state index contributed by atoms with van der Waals surface area (Å²) < 4.78 is 16.4. The van der Waals surface area contributed by atoms with E-state index in [4.69, 9.17) is 14.0 Å². The van der Waals surface area contributed by atoms with Crippen LogP contribution in [0, 0.1) is 6.92 Å². The van der Waals surface area contributed by atoms with Gasteiger partial charge in [-0.15, -0.1) is 0 Å². The van der Waals surface area contributed by atoms with Gasteiger partial charge in [0.1, 0.15) is 0 Å². The van der Waals surface area contributed by atoms with Crippen LogP contribution in [0.3, 0.4) is 0 Å². The third-order valence-corrected chi connectivity index (χ3v) is 5.50. The number of rotatable bonds is 8.